The molecule has 1 fully saturated rings. The van der Waals surface area contributed by atoms with Crippen molar-refractivity contribution in [1.29, 1.82) is 0 Å². The number of nitrogens with zero attached hydrogens (tertiary/aromatic N) is 3. The first-order chi connectivity index (χ1) is 11.5. The lowest BCUT2D eigenvalue weighted by Crippen LogP contribution is -2.34. The molecule has 1 aliphatic heterocycles. The number of likely N-dealkylation sites (tertiary alicyclic amines) is 1. The van der Waals surface area contributed by atoms with Crippen LogP contribution in [0.3, 0.4) is 0 Å². The zero-order valence-electron chi connectivity index (χ0n) is 13.4. The monoisotopic (exact) mass is 352 g/mol. The Bertz CT molecular complexity index is 871. The maximum absolute atomic E-state index is 11.7. The minimum absolute atomic E-state index is 0.102. The van der Waals surface area contributed by atoms with E-state index in [2.05, 4.69) is 30.2 Å². The van der Waals surface area contributed by atoms with E-state index in [1.807, 2.05) is 0 Å². The molecular weight excluding hydrogens is 332 g/mol. The van der Waals surface area contributed by atoms with Crippen molar-refractivity contribution in [2.24, 2.45) is 0 Å². The predicted molar refractivity (Wildman–Crippen MR) is 91.9 cm³/mol. The quantitative estimate of drug-likeness (QED) is 0.496. The standard InChI is InChI=1S/C14H20N6O3S/c1-24(23)14-18-10(15-5-8-20-6-3-2-4-7-20)9-11(19-14)17-13(22)12(21)16-9/h2-8H2,1H3,(H,16,21)(H2,15,17,18,19,22). The van der Waals surface area contributed by atoms with E-state index in [0.29, 0.717) is 17.9 Å². The van der Waals surface area contributed by atoms with Crippen LogP contribution in [-0.4, -0.2) is 61.5 Å². The number of H-pyrrole nitrogens is 2. The van der Waals surface area contributed by atoms with Gasteiger partial charge in [0, 0.05) is 19.3 Å². The van der Waals surface area contributed by atoms with Gasteiger partial charge in [0.25, 0.3) is 0 Å². The van der Waals surface area contributed by atoms with Crippen LogP contribution in [0, 0.1) is 0 Å². The van der Waals surface area contributed by atoms with Gasteiger partial charge >= 0.3 is 11.1 Å². The van der Waals surface area contributed by atoms with Gasteiger partial charge in [-0.25, -0.2) is 9.97 Å². The minimum atomic E-state index is -1.40. The number of aromatic amines is 2. The van der Waals surface area contributed by atoms with E-state index >= 15 is 0 Å². The molecule has 130 valence electrons. The number of rotatable bonds is 5. The molecule has 9 nitrogen and oxygen atoms in total. The van der Waals surface area contributed by atoms with Gasteiger partial charge < -0.3 is 20.2 Å². The SMILES string of the molecule is CS(=O)c1nc(NCCN2CCCCC2)c2[nH]c(=O)c(=O)[nH]c2n1. The molecule has 2 aromatic heterocycles. The van der Waals surface area contributed by atoms with Crippen molar-refractivity contribution in [2.75, 3.05) is 37.8 Å². The van der Waals surface area contributed by atoms with Gasteiger partial charge in [-0.3, -0.25) is 13.8 Å². The summed E-state index contributed by atoms with van der Waals surface area (Å²) in [6.07, 6.45) is 5.16. The Morgan fingerprint density at radius 2 is 1.83 bits per heavy atom. The largest absolute Gasteiger partial charge is 0.367 e. The molecule has 1 unspecified atom stereocenters. The smallest absolute Gasteiger partial charge is 0.315 e. The van der Waals surface area contributed by atoms with Crippen molar-refractivity contribution in [1.82, 2.24) is 24.8 Å². The summed E-state index contributed by atoms with van der Waals surface area (Å²) >= 11 is 0. The molecule has 0 saturated carbocycles. The van der Waals surface area contributed by atoms with Gasteiger partial charge in [-0.15, -0.1) is 0 Å². The molecule has 1 atom stereocenters. The lowest BCUT2D eigenvalue weighted by atomic mass is 10.1. The third-order valence-electron chi connectivity index (χ3n) is 3.99. The third kappa shape index (κ3) is 3.70. The second-order valence-corrected chi connectivity index (χ2v) is 7.04. The highest BCUT2D eigenvalue weighted by atomic mass is 32.2. The van der Waals surface area contributed by atoms with E-state index < -0.39 is 21.9 Å². The molecule has 1 aliphatic rings. The normalized spacial score (nSPS) is 17.0. The van der Waals surface area contributed by atoms with Gasteiger partial charge in [-0.2, -0.15) is 0 Å². The topological polar surface area (TPSA) is 124 Å². The first kappa shape index (κ1) is 16.8. The Kier molecular flexibility index (Phi) is 5.05. The maximum Gasteiger partial charge on any atom is 0.315 e. The first-order valence-corrected chi connectivity index (χ1v) is 9.44. The summed E-state index contributed by atoms with van der Waals surface area (Å²) in [5, 5.41) is 3.26. The number of nitrogens with one attached hydrogen (secondary N) is 3. The number of anilines is 1. The van der Waals surface area contributed by atoms with Crippen molar-refractivity contribution < 1.29 is 4.21 Å². The van der Waals surface area contributed by atoms with Crippen LogP contribution in [0.4, 0.5) is 5.82 Å². The molecule has 10 heteroatoms. The van der Waals surface area contributed by atoms with Gasteiger partial charge in [0.1, 0.15) is 5.52 Å². The van der Waals surface area contributed by atoms with Crippen LogP contribution in [0.5, 0.6) is 0 Å². The van der Waals surface area contributed by atoms with Crippen molar-refractivity contribution in [3.63, 3.8) is 0 Å². The average molecular weight is 352 g/mol. The predicted octanol–water partition coefficient (Wildman–Crippen LogP) is -0.358. The molecule has 3 heterocycles. The lowest BCUT2D eigenvalue weighted by molar-refractivity contribution is 0.237. The molecule has 1 saturated heterocycles. The Balaban J connectivity index is 1.86. The van der Waals surface area contributed by atoms with Crippen LogP contribution in [0.15, 0.2) is 14.7 Å². The van der Waals surface area contributed by atoms with Gasteiger partial charge in [0.05, 0.1) is 10.8 Å². The zero-order chi connectivity index (χ0) is 17.1. The first-order valence-electron chi connectivity index (χ1n) is 7.88. The van der Waals surface area contributed by atoms with Crippen LogP contribution in [0.2, 0.25) is 0 Å². The highest BCUT2D eigenvalue weighted by Gasteiger charge is 2.14. The molecule has 3 rings (SSSR count). The fourth-order valence-electron chi connectivity index (χ4n) is 2.76. The zero-order valence-corrected chi connectivity index (χ0v) is 14.2. The molecule has 0 bridgehead atoms. The fraction of sp³-hybridized carbons (Fsp3) is 0.571. The fourth-order valence-corrected chi connectivity index (χ4v) is 3.20. The van der Waals surface area contributed by atoms with E-state index in [4.69, 9.17) is 0 Å². The second kappa shape index (κ2) is 7.22. The summed E-state index contributed by atoms with van der Waals surface area (Å²) in [5.41, 5.74) is -1.09. The van der Waals surface area contributed by atoms with E-state index in [9.17, 15) is 13.8 Å². The summed E-state index contributed by atoms with van der Waals surface area (Å²) in [6.45, 7) is 3.65. The van der Waals surface area contributed by atoms with Crippen molar-refractivity contribution in [3.8, 4) is 0 Å². The Hall–Kier alpha value is -2.07. The van der Waals surface area contributed by atoms with E-state index in [1.54, 1.807) is 0 Å². The molecule has 0 amide bonds. The molecule has 3 N–H and O–H groups in total. The molecule has 2 aromatic rings. The molecule has 0 radical (unpaired) electrons. The minimum Gasteiger partial charge on any atom is -0.367 e. The van der Waals surface area contributed by atoms with Crippen molar-refractivity contribution in [2.45, 2.75) is 24.4 Å². The van der Waals surface area contributed by atoms with E-state index in [1.165, 1.54) is 25.5 Å². The lowest BCUT2D eigenvalue weighted by Gasteiger charge is -2.26. The number of aromatic nitrogens is 4. The summed E-state index contributed by atoms with van der Waals surface area (Å²) in [5.74, 6) is 0.371. The number of fused-ring (bicyclic) bond motifs is 1. The summed E-state index contributed by atoms with van der Waals surface area (Å²) in [6, 6.07) is 0. The van der Waals surface area contributed by atoms with Gasteiger partial charge in [-0.1, -0.05) is 6.42 Å². The summed E-state index contributed by atoms with van der Waals surface area (Å²) in [4.78, 5) is 38.6. The summed E-state index contributed by atoms with van der Waals surface area (Å²) in [7, 11) is -1.40. The maximum atomic E-state index is 11.7. The van der Waals surface area contributed by atoms with E-state index in [0.717, 1.165) is 19.6 Å². The van der Waals surface area contributed by atoms with Crippen LogP contribution in [0.1, 0.15) is 19.3 Å². The second-order valence-electron chi connectivity index (χ2n) is 5.77. The third-order valence-corrected chi connectivity index (χ3v) is 4.69. The molecule has 24 heavy (non-hydrogen) atoms. The van der Waals surface area contributed by atoms with Crippen molar-refractivity contribution in [3.05, 3.63) is 20.7 Å². The van der Waals surface area contributed by atoms with Crippen LogP contribution < -0.4 is 16.4 Å². The number of hydrogen-bond acceptors (Lipinski definition) is 7. The van der Waals surface area contributed by atoms with E-state index in [-0.39, 0.29) is 10.8 Å². The Morgan fingerprint density at radius 3 is 2.54 bits per heavy atom. The van der Waals surface area contributed by atoms with Gasteiger partial charge in [-0.05, 0) is 25.9 Å². The van der Waals surface area contributed by atoms with Crippen LogP contribution in [-0.2, 0) is 10.8 Å². The number of piperidine rings is 1. The summed E-state index contributed by atoms with van der Waals surface area (Å²) < 4.78 is 11.7. The molecular formula is C14H20N6O3S. The van der Waals surface area contributed by atoms with Crippen LogP contribution in [0.25, 0.3) is 11.2 Å². The Morgan fingerprint density at radius 1 is 1.12 bits per heavy atom. The number of hydrogen-bond donors (Lipinski definition) is 3. The molecule has 0 spiro atoms. The highest BCUT2D eigenvalue weighted by Crippen LogP contribution is 2.16. The van der Waals surface area contributed by atoms with Crippen molar-refractivity contribution >= 4 is 27.8 Å². The average Bonchev–Trinajstić information content (AvgIpc) is 2.57. The highest BCUT2D eigenvalue weighted by molar-refractivity contribution is 7.84. The van der Waals surface area contributed by atoms with Gasteiger partial charge in [0.2, 0.25) is 5.16 Å². The molecule has 0 aliphatic carbocycles. The van der Waals surface area contributed by atoms with Crippen LogP contribution >= 0.6 is 0 Å². The molecule has 0 aromatic carbocycles. The van der Waals surface area contributed by atoms with Gasteiger partial charge in [0.15, 0.2) is 11.5 Å². The Labute approximate surface area is 140 Å².